The Balaban J connectivity index is 2.17. The fourth-order valence-corrected chi connectivity index (χ4v) is 0.507. The summed E-state index contributed by atoms with van der Waals surface area (Å²) in [6.07, 6.45) is 2.78. The Bertz CT molecular complexity index is 116. The van der Waals surface area contributed by atoms with Crippen molar-refractivity contribution >= 4 is 0 Å². The van der Waals surface area contributed by atoms with Crippen molar-refractivity contribution < 1.29 is 4.74 Å². The van der Waals surface area contributed by atoms with Gasteiger partial charge in [0.2, 0.25) is 0 Å². The van der Waals surface area contributed by atoms with Gasteiger partial charge >= 0.3 is 0 Å². The molecule has 0 radical (unpaired) electrons. The van der Waals surface area contributed by atoms with E-state index in [1.807, 2.05) is 6.92 Å². The molecule has 9 heavy (non-hydrogen) atoms. The normalized spacial score (nSPS) is 21.1. The fourth-order valence-electron chi connectivity index (χ4n) is 0.507. The lowest BCUT2D eigenvalue weighted by molar-refractivity contribution is 0.183. The van der Waals surface area contributed by atoms with Gasteiger partial charge < -0.3 is 10.5 Å². The first-order valence-corrected chi connectivity index (χ1v) is 3.31. The molecule has 1 saturated carbocycles. The second-order valence-corrected chi connectivity index (χ2v) is 2.57. The number of ether oxygens (including phenoxy) is 1. The zero-order valence-electron chi connectivity index (χ0n) is 5.76. The third kappa shape index (κ3) is 2.06. The molecule has 1 aliphatic rings. The highest BCUT2D eigenvalue weighted by Gasteiger charge is 2.24. The number of hydrogen-bond donors (Lipinski definition) is 1. The Labute approximate surface area is 55.7 Å². The Morgan fingerprint density at radius 3 is 2.67 bits per heavy atom. The summed E-state index contributed by atoms with van der Waals surface area (Å²) in [6, 6.07) is -0.0226. The lowest BCUT2D eigenvalue weighted by atomic mass is 10.3. The van der Waals surface area contributed by atoms with E-state index in [4.69, 9.17) is 10.5 Å². The number of rotatable bonds is 3. The summed E-state index contributed by atoms with van der Waals surface area (Å²) < 4.78 is 5.30. The molecule has 1 atom stereocenters. The summed E-state index contributed by atoms with van der Waals surface area (Å²) >= 11 is 0. The highest BCUT2D eigenvalue weighted by Crippen LogP contribution is 2.26. The molecule has 0 bridgehead atoms. The van der Waals surface area contributed by atoms with Gasteiger partial charge in [0, 0.05) is 0 Å². The first kappa shape index (κ1) is 6.62. The van der Waals surface area contributed by atoms with Crippen LogP contribution in [0.15, 0.2) is 12.3 Å². The Morgan fingerprint density at radius 1 is 1.78 bits per heavy atom. The van der Waals surface area contributed by atoms with E-state index < -0.39 is 0 Å². The van der Waals surface area contributed by atoms with Crippen LogP contribution in [-0.2, 0) is 4.74 Å². The van der Waals surface area contributed by atoms with Crippen molar-refractivity contribution in [2.24, 2.45) is 5.73 Å². The molecular weight excluding hydrogens is 114 g/mol. The minimum atomic E-state index is -0.0226. The lowest BCUT2D eigenvalue weighted by Gasteiger charge is -2.09. The molecule has 1 rings (SSSR count). The van der Waals surface area contributed by atoms with Gasteiger partial charge in [0.05, 0.1) is 12.1 Å². The van der Waals surface area contributed by atoms with Gasteiger partial charge in [-0.25, -0.2) is 0 Å². The van der Waals surface area contributed by atoms with Crippen LogP contribution in [0, 0.1) is 0 Å². The molecule has 2 heteroatoms. The molecule has 52 valence electrons. The topological polar surface area (TPSA) is 35.2 Å². The molecule has 0 amide bonds. The van der Waals surface area contributed by atoms with E-state index in [1.165, 1.54) is 12.8 Å². The number of hydrogen-bond acceptors (Lipinski definition) is 2. The highest BCUT2D eigenvalue weighted by atomic mass is 16.5. The molecule has 0 aromatic heterocycles. The summed E-state index contributed by atoms with van der Waals surface area (Å²) in [5.41, 5.74) is 5.49. The van der Waals surface area contributed by atoms with Gasteiger partial charge in [-0.05, 0) is 19.8 Å². The van der Waals surface area contributed by atoms with Crippen LogP contribution in [0.2, 0.25) is 0 Å². The molecule has 2 N–H and O–H groups in total. The SMILES string of the molecule is C=C(OC1CC1)C(C)N. The van der Waals surface area contributed by atoms with Crippen LogP contribution in [0.1, 0.15) is 19.8 Å². The quantitative estimate of drug-likeness (QED) is 0.574. The average molecular weight is 127 g/mol. The second-order valence-electron chi connectivity index (χ2n) is 2.57. The minimum Gasteiger partial charge on any atom is -0.494 e. The second kappa shape index (κ2) is 2.40. The van der Waals surface area contributed by atoms with Crippen molar-refractivity contribution in [1.29, 1.82) is 0 Å². The van der Waals surface area contributed by atoms with Crippen LogP contribution in [0.25, 0.3) is 0 Å². The molecule has 2 nitrogen and oxygen atoms in total. The standard InChI is InChI=1S/C7H13NO/c1-5(8)6(2)9-7-3-4-7/h5,7H,2-4,8H2,1H3. The fraction of sp³-hybridized carbons (Fsp3) is 0.714. The van der Waals surface area contributed by atoms with Gasteiger partial charge in [0.1, 0.15) is 5.76 Å². The lowest BCUT2D eigenvalue weighted by Crippen LogP contribution is -2.19. The summed E-state index contributed by atoms with van der Waals surface area (Å²) in [7, 11) is 0. The molecule has 1 aliphatic carbocycles. The zero-order chi connectivity index (χ0) is 6.85. The van der Waals surface area contributed by atoms with Gasteiger partial charge in [-0.15, -0.1) is 0 Å². The largest absolute Gasteiger partial charge is 0.494 e. The molecule has 0 aliphatic heterocycles. The molecule has 0 heterocycles. The maximum atomic E-state index is 5.49. The zero-order valence-corrected chi connectivity index (χ0v) is 5.76. The average Bonchev–Trinajstić information content (AvgIpc) is 2.50. The highest BCUT2D eigenvalue weighted by molar-refractivity contribution is 4.95. The van der Waals surface area contributed by atoms with Crippen LogP contribution in [0.5, 0.6) is 0 Å². The van der Waals surface area contributed by atoms with E-state index in [-0.39, 0.29) is 6.04 Å². The van der Waals surface area contributed by atoms with E-state index in [2.05, 4.69) is 6.58 Å². The molecule has 1 fully saturated rings. The van der Waals surface area contributed by atoms with Crippen molar-refractivity contribution in [3.8, 4) is 0 Å². The maximum absolute atomic E-state index is 5.49. The Kier molecular flexibility index (Phi) is 1.76. The van der Waals surface area contributed by atoms with Crippen LogP contribution in [-0.4, -0.2) is 12.1 Å². The van der Waals surface area contributed by atoms with Crippen molar-refractivity contribution in [3.63, 3.8) is 0 Å². The van der Waals surface area contributed by atoms with Crippen molar-refractivity contribution in [2.45, 2.75) is 31.9 Å². The van der Waals surface area contributed by atoms with Crippen molar-refractivity contribution in [3.05, 3.63) is 12.3 Å². The van der Waals surface area contributed by atoms with Crippen LogP contribution < -0.4 is 5.73 Å². The van der Waals surface area contributed by atoms with Gasteiger partial charge in [-0.2, -0.15) is 0 Å². The minimum absolute atomic E-state index is 0.0226. The molecule has 0 aromatic carbocycles. The van der Waals surface area contributed by atoms with Crippen molar-refractivity contribution in [2.75, 3.05) is 0 Å². The van der Waals surface area contributed by atoms with E-state index in [1.54, 1.807) is 0 Å². The Morgan fingerprint density at radius 2 is 2.33 bits per heavy atom. The van der Waals surface area contributed by atoms with Gasteiger partial charge in [-0.1, -0.05) is 6.58 Å². The maximum Gasteiger partial charge on any atom is 0.106 e. The first-order chi connectivity index (χ1) is 4.20. The summed E-state index contributed by atoms with van der Waals surface area (Å²) in [4.78, 5) is 0. The van der Waals surface area contributed by atoms with Crippen LogP contribution in [0.3, 0.4) is 0 Å². The number of nitrogens with two attached hydrogens (primary N) is 1. The van der Waals surface area contributed by atoms with Crippen LogP contribution >= 0.6 is 0 Å². The third-order valence-electron chi connectivity index (χ3n) is 1.35. The van der Waals surface area contributed by atoms with E-state index in [0.717, 1.165) is 5.76 Å². The summed E-state index contributed by atoms with van der Waals surface area (Å²) in [5, 5.41) is 0. The van der Waals surface area contributed by atoms with Crippen molar-refractivity contribution in [1.82, 2.24) is 0 Å². The molecule has 0 spiro atoms. The monoisotopic (exact) mass is 127 g/mol. The smallest absolute Gasteiger partial charge is 0.106 e. The predicted octanol–water partition coefficient (Wildman–Crippen LogP) is 1.03. The van der Waals surface area contributed by atoms with E-state index in [0.29, 0.717) is 6.10 Å². The predicted molar refractivity (Wildman–Crippen MR) is 36.9 cm³/mol. The summed E-state index contributed by atoms with van der Waals surface area (Å²) in [6.45, 7) is 5.57. The molecule has 0 saturated heterocycles. The molecular formula is C7H13NO. The van der Waals surface area contributed by atoms with Gasteiger partial charge in [-0.3, -0.25) is 0 Å². The van der Waals surface area contributed by atoms with Gasteiger partial charge in [0.15, 0.2) is 0 Å². The van der Waals surface area contributed by atoms with E-state index in [9.17, 15) is 0 Å². The third-order valence-corrected chi connectivity index (χ3v) is 1.35. The Hall–Kier alpha value is -0.500. The molecule has 1 unspecified atom stereocenters. The first-order valence-electron chi connectivity index (χ1n) is 3.31. The van der Waals surface area contributed by atoms with Crippen LogP contribution in [0.4, 0.5) is 0 Å². The molecule has 0 aromatic rings. The van der Waals surface area contributed by atoms with E-state index >= 15 is 0 Å². The summed E-state index contributed by atoms with van der Waals surface area (Å²) in [5.74, 6) is 0.720. The van der Waals surface area contributed by atoms with Gasteiger partial charge in [0.25, 0.3) is 0 Å².